The van der Waals surface area contributed by atoms with E-state index in [-0.39, 0.29) is 0 Å². The van der Waals surface area contributed by atoms with Gasteiger partial charge in [-0.05, 0) is 6.42 Å². The molecule has 0 aromatic heterocycles. The topological polar surface area (TPSA) is 46.5 Å². The van der Waals surface area contributed by atoms with Crippen LogP contribution in [0.5, 0.6) is 0 Å². The average Bonchev–Trinajstić information content (AvgIpc) is 2.51. The third-order valence-corrected chi connectivity index (χ3v) is 4.65. The Morgan fingerprint density at radius 2 is 1.18 bits per heavy atom. The molecule has 1 N–H and O–H groups in total. The van der Waals surface area contributed by atoms with Gasteiger partial charge in [-0.3, -0.25) is 3.83 Å². The van der Waals surface area contributed by atoms with Crippen LogP contribution in [-0.4, -0.2) is 17.2 Å². The van der Waals surface area contributed by atoms with Gasteiger partial charge in [-0.15, -0.1) is 0 Å². The second kappa shape index (κ2) is 17.3. The SMILES string of the molecule is CCCCCCCCCCCCCCCCC(OBr)C(=O)O. The first kappa shape index (κ1) is 21.9. The molecule has 0 aromatic carbocycles. The van der Waals surface area contributed by atoms with Crippen LogP contribution < -0.4 is 0 Å². The molecule has 0 bridgehead atoms. The molecule has 132 valence electrons. The molecule has 0 radical (unpaired) electrons. The van der Waals surface area contributed by atoms with Crippen LogP contribution in [0.3, 0.4) is 0 Å². The molecule has 0 spiro atoms. The highest BCUT2D eigenvalue weighted by Gasteiger charge is 2.16. The minimum atomic E-state index is -0.883. The highest BCUT2D eigenvalue weighted by Crippen LogP contribution is 2.14. The zero-order valence-electron chi connectivity index (χ0n) is 14.3. The Balaban J connectivity index is 3.13. The Morgan fingerprint density at radius 3 is 1.50 bits per heavy atom. The Bertz CT molecular complexity index is 246. The van der Waals surface area contributed by atoms with E-state index in [1.807, 2.05) is 0 Å². The zero-order valence-corrected chi connectivity index (χ0v) is 15.9. The summed E-state index contributed by atoms with van der Waals surface area (Å²) in [6, 6.07) is 0. The van der Waals surface area contributed by atoms with Crippen molar-refractivity contribution in [3.05, 3.63) is 0 Å². The number of halogens is 1. The zero-order chi connectivity index (χ0) is 16.5. The number of carboxylic acids is 1. The lowest BCUT2D eigenvalue weighted by Crippen LogP contribution is -2.19. The van der Waals surface area contributed by atoms with Gasteiger partial charge in [-0.2, -0.15) is 0 Å². The van der Waals surface area contributed by atoms with E-state index in [1.165, 1.54) is 77.0 Å². The number of rotatable bonds is 17. The quantitative estimate of drug-likeness (QED) is 0.288. The summed E-state index contributed by atoms with van der Waals surface area (Å²) in [5.41, 5.74) is 0. The predicted octanol–water partition coefficient (Wildman–Crippen LogP) is 6.64. The number of carbonyl (C=O) groups is 1. The van der Waals surface area contributed by atoms with Gasteiger partial charge in [0.2, 0.25) is 0 Å². The summed E-state index contributed by atoms with van der Waals surface area (Å²) in [4.78, 5) is 10.7. The maximum atomic E-state index is 10.7. The van der Waals surface area contributed by atoms with Crippen LogP contribution in [0.4, 0.5) is 0 Å². The summed E-state index contributed by atoms with van der Waals surface area (Å²) >= 11 is 2.78. The van der Waals surface area contributed by atoms with Crippen molar-refractivity contribution >= 4 is 22.2 Å². The minimum absolute atomic E-state index is 0.596. The van der Waals surface area contributed by atoms with Gasteiger partial charge in [0.15, 0.2) is 6.10 Å². The maximum Gasteiger partial charge on any atom is 0.334 e. The monoisotopic (exact) mass is 378 g/mol. The number of aliphatic carboxylic acids is 1. The van der Waals surface area contributed by atoms with E-state index in [1.54, 1.807) is 0 Å². The Hall–Kier alpha value is -0.0900. The van der Waals surface area contributed by atoms with E-state index in [9.17, 15) is 4.79 Å². The van der Waals surface area contributed by atoms with E-state index in [4.69, 9.17) is 8.93 Å². The van der Waals surface area contributed by atoms with Crippen molar-refractivity contribution in [1.29, 1.82) is 0 Å². The van der Waals surface area contributed by atoms with E-state index in [0.717, 1.165) is 12.8 Å². The number of hydrogen-bond donors (Lipinski definition) is 1. The van der Waals surface area contributed by atoms with E-state index >= 15 is 0 Å². The summed E-state index contributed by atoms with van der Waals surface area (Å²) in [6.07, 6.45) is 18.3. The second-order valence-corrected chi connectivity index (χ2v) is 6.67. The van der Waals surface area contributed by atoms with E-state index in [2.05, 4.69) is 23.2 Å². The maximum absolute atomic E-state index is 10.7. The van der Waals surface area contributed by atoms with Crippen LogP contribution in [0.25, 0.3) is 0 Å². The standard InChI is InChI=1S/C18H35BrO3/c1-2-3-4-5-6-7-8-9-10-11-12-13-14-15-16-17(22-19)18(20)21/h17H,2-16H2,1H3,(H,20,21). The van der Waals surface area contributed by atoms with Crippen LogP contribution >= 0.6 is 16.3 Å². The minimum Gasteiger partial charge on any atom is -0.479 e. The fourth-order valence-corrected chi connectivity index (χ4v) is 3.08. The molecule has 1 atom stereocenters. The lowest BCUT2D eigenvalue weighted by atomic mass is 10.0. The van der Waals surface area contributed by atoms with Gasteiger partial charge in [-0.1, -0.05) is 96.8 Å². The normalized spacial score (nSPS) is 12.5. The van der Waals surface area contributed by atoms with Crippen molar-refractivity contribution in [2.75, 3.05) is 0 Å². The summed E-state index contributed by atoms with van der Waals surface area (Å²) in [6.45, 7) is 2.26. The molecule has 3 nitrogen and oxygen atoms in total. The molecule has 0 saturated carbocycles. The average molecular weight is 379 g/mol. The molecule has 0 amide bonds. The van der Waals surface area contributed by atoms with Gasteiger partial charge in [-0.25, -0.2) is 4.79 Å². The summed E-state index contributed by atoms with van der Waals surface area (Å²) < 4.78 is 4.74. The third-order valence-electron chi connectivity index (χ3n) is 4.20. The molecule has 1 unspecified atom stereocenters. The van der Waals surface area contributed by atoms with Gasteiger partial charge >= 0.3 is 5.97 Å². The smallest absolute Gasteiger partial charge is 0.334 e. The van der Waals surface area contributed by atoms with Crippen molar-refractivity contribution in [1.82, 2.24) is 0 Å². The fraction of sp³-hybridized carbons (Fsp3) is 0.944. The molecule has 0 aliphatic carbocycles. The predicted molar refractivity (Wildman–Crippen MR) is 96.4 cm³/mol. The van der Waals surface area contributed by atoms with Crippen LogP contribution in [0.1, 0.15) is 103 Å². The Kier molecular flexibility index (Phi) is 17.2. The highest BCUT2D eigenvalue weighted by molar-refractivity contribution is 9.06. The molecule has 0 fully saturated rings. The molecule has 0 aliphatic rings. The van der Waals surface area contributed by atoms with Crippen molar-refractivity contribution < 1.29 is 13.7 Å². The van der Waals surface area contributed by atoms with Gasteiger partial charge < -0.3 is 5.11 Å². The highest BCUT2D eigenvalue weighted by atomic mass is 79.9. The fourth-order valence-electron chi connectivity index (χ4n) is 2.73. The molecule has 4 heteroatoms. The van der Waals surface area contributed by atoms with E-state index < -0.39 is 12.1 Å². The number of unbranched alkanes of at least 4 members (excludes halogenated alkanes) is 13. The Labute approximate surface area is 145 Å². The van der Waals surface area contributed by atoms with Crippen LogP contribution in [0.2, 0.25) is 0 Å². The first-order valence-corrected chi connectivity index (χ1v) is 9.87. The van der Waals surface area contributed by atoms with E-state index in [0.29, 0.717) is 6.42 Å². The van der Waals surface area contributed by atoms with Gasteiger partial charge in [0, 0.05) is 0 Å². The number of carboxylic acid groups (broad SMARTS) is 1. The molecule has 0 saturated heterocycles. The molecular formula is C18H35BrO3. The van der Waals surface area contributed by atoms with Gasteiger partial charge in [0.25, 0.3) is 0 Å². The lowest BCUT2D eigenvalue weighted by Gasteiger charge is -2.08. The van der Waals surface area contributed by atoms with Crippen LogP contribution in [0.15, 0.2) is 0 Å². The second-order valence-electron chi connectivity index (χ2n) is 6.30. The summed E-state index contributed by atoms with van der Waals surface area (Å²) in [7, 11) is 0. The molecular weight excluding hydrogens is 344 g/mol. The molecule has 22 heavy (non-hydrogen) atoms. The van der Waals surface area contributed by atoms with Crippen LogP contribution in [0, 0.1) is 0 Å². The van der Waals surface area contributed by atoms with Crippen molar-refractivity contribution in [2.45, 2.75) is 109 Å². The molecule has 0 rings (SSSR count). The van der Waals surface area contributed by atoms with Crippen molar-refractivity contribution in [2.24, 2.45) is 0 Å². The summed E-state index contributed by atoms with van der Waals surface area (Å²) in [5.74, 6) is -0.883. The third kappa shape index (κ3) is 14.8. The van der Waals surface area contributed by atoms with Gasteiger partial charge in [0.05, 0.1) is 16.3 Å². The largest absolute Gasteiger partial charge is 0.479 e. The van der Waals surface area contributed by atoms with Crippen LogP contribution in [-0.2, 0) is 8.62 Å². The lowest BCUT2D eigenvalue weighted by molar-refractivity contribution is -0.144. The molecule has 0 heterocycles. The number of hydrogen-bond acceptors (Lipinski definition) is 2. The van der Waals surface area contributed by atoms with Gasteiger partial charge in [0.1, 0.15) is 0 Å². The Morgan fingerprint density at radius 1 is 0.818 bits per heavy atom. The van der Waals surface area contributed by atoms with Crippen molar-refractivity contribution in [3.63, 3.8) is 0 Å². The first-order chi connectivity index (χ1) is 10.7. The van der Waals surface area contributed by atoms with Crippen molar-refractivity contribution in [3.8, 4) is 0 Å². The first-order valence-electron chi connectivity index (χ1n) is 9.22. The summed E-state index contributed by atoms with van der Waals surface area (Å²) in [5, 5.41) is 8.82. The molecule has 0 aliphatic heterocycles. The molecule has 0 aromatic rings.